The standard InChI is InChI=1S/C11H19NO2/c13-11(12-7-3-4-8-12)14-9-10-5-1-2-6-10/h10H,1-9H2. The molecule has 14 heavy (non-hydrogen) atoms. The number of rotatable bonds is 2. The van der Waals surface area contributed by atoms with Gasteiger partial charge in [0.2, 0.25) is 0 Å². The Morgan fingerprint density at radius 3 is 2.43 bits per heavy atom. The first-order valence-electron chi connectivity index (χ1n) is 5.78. The van der Waals surface area contributed by atoms with E-state index in [2.05, 4.69) is 0 Å². The molecule has 0 radical (unpaired) electrons. The first-order chi connectivity index (χ1) is 6.86. The lowest BCUT2D eigenvalue weighted by atomic mass is 10.1. The highest BCUT2D eigenvalue weighted by Crippen LogP contribution is 2.25. The summed E-state index contributed by atoms with van der Waals surface area (Å²) in [5, 5.41) is 0. The van der Waals surface area contributed by atoms with Gasteiger partial charge in [0.15, 0.2) is 0 Å². The number of hydrogen-bond acceptors (Lipinski definition) is 2. The van der Waals surface area contributed by atoms with E-state index >= 15 is 0 Å². The number of ether oxygens (including phenoxy) is 1. The summed E-state index contributed by atoms with van der Waals surface area (Å²) >= 11 is 0. The second-order valence-corrected chi connectivity index (χ2v) is 4.42. The van der Waals surface area contributed by atoms with Gasteiger partial charge in [0.1, 0.15) is 0 Å². The normalized spacial score (nSPS) is 23.0. The van der Waals surface area contributed by atoms with Gasteiger partial charge in [0.05, 0.1) is 6.61 Å². The van der Waals surface area contributed by atoms with E-state index in [1.165, 1.54) is 25.7 Å². The van der Waals surface area contributed by atoms with Crippen molar-refractivity contribution in [1.82, 2.24) is 4.90 Å². The number of carbonyl (C=O) groups excluding carboxylic acids is 1. The van der Waals surface area contributed by atoms with Crippen molar-refractivity contribution in [2.45, 2.75) is 38.5 Å². The predicted octanol–water partition coefficient (Wildman–Crippen LogP) is 2.41. The van der Waals surface area contributed by atoms with Crippen LogP contribution in [0.5, 0.6) is 0 Å². The first kappa shape index (κ1) is 9.81. The van der Waals surface area contributed by atoms with E-state index in [1.807, 2.05) is 4.90 Å². The lowest BCUT2D eigenvalue weighted by molar-refractivity contribution is 0.0954. The lowest BCUT2D eigenvalue weighted by Crippen LogP contribution is -2.29. The largest absolute Gasteiger partial charge is 0.449 e. The summed E-state index contributed by atoms with van der Waals surface area (Å²) in [7, 11) is 0. The van der Waals surface area contributed by atoms with E-state index in [-0.39, 0.29) is 6.09 Å². The van der Waals surface area contributed by atoms with Gasteiger partial charge in [-0.3, -0.25) is 0 Å². The molecule has 2 aliphatic rings. The molecule has 0 aromatic rings. The topological polar surface area (TPSA) is 29.5 Å². The minimum Gasteiger partial charge on any atom is -0.449 e. The van der Waals surface area contributed by atoms with Crippen molar-refractivity contribution < 1.29 is 9.53 Å². The maximum Gasteiger partial charge on any atom is 0.409 e. The molecule has 3 nitrogen and oxygen atoms in total. The SMILES string of the molecule is O=C(OCC1CCCC1)N1CCCC1. The Hall–Kier alpha value is -0.730. The summed E-state index contributed by atoms with van der Waals surface area (Å²) in [5.74, 6) is 0.640. The molecule has 0 aromatic heterocycles. The van der Waals surface area contributed by atoms with Gasteiger partial charge in [-0.1, -0.05) is 12.8 Å². The Labute approximate surface area is 85.4 Å². The first-order valence-corrected chi connectivity index (χ1v) is 5.78. The molecular weight excluding hydrogens is 178 g/mol. The highest BCUT2D eigenvalue weighted by Gasteiger charge is 2.21. The van der Waals surface area contributed by atoms with Crippen LogP contribution in [0.4, 0.5) is 4.79 Å². The van der Waals surface area contributed by atoms with Gasteiger partial charge in [-0.2, -0.15) is 0 Å². The van der Waals surface area contributed by atoms with Gasteiger partial charge < -0.3 is 9.64 Å². The van der Waals surface area contributed by atoms with Crippen molar-refractivity contribution in [2.75, 3.05) is 19.7 Å². The quantitative estimate of drug-likeness (QED) is 0.680. The molecule has 1 saturated heterocycles. The average Bonchev–Trinajstić information content (AvgIpc) is 2.87. The molecular formula is C11H19NO2. The van der Waals surface area contributed by atoms with E-state index < -0.39 is 0 Å². The fraction of sp³-hybridized carbons (Fsp3) is 0.909. The van der Waals surface area contributed by atoms with Crippen LogP contribution in [0.3, 0.4) is 0 Å². The summed E-state index contributed by atoms with van der Waals surface area (Å²) in [4.78, 5) is 13.3. The average molecular weight is 197 g/mol. The number of carbonyl (C=O) groups is 1. The van der Waals surface area contributed by atoms with Gasteiger partial charge in [-0.05, 0) is 31.6 Å². The molecule has 80 valence electrons. The number of amides is 1. The van der Waals surface area contributed by atoms with E-state index in [4.69, 9.17) is 4.74 Å². The van der Waals surface area contributed by atoms with Crippen molar-refractivity contribution in [3.63, 3.8) is 0 Å². The third-order valence-corrected chi connectivity index (χ3v) is 3.28. The monoisotopic (exact) mass is 197 g/mol. The number of likely N-dealkylation sites (tertiary alicyclic amines) is 1. The minimum absolute atomic E-state index is 0.0885. The highest BCUT2D eigenvalue weighted by molar-refractivity contribution is 5.67. The molecule has 1 aliphatic carbocycles. The molecule has 0 atom stereocenters. The van der Waals surface area contributed by atoms with E-state index in [0.29, 0.717) is 12.5 Å². The Balaban J connectivity index is 1.66. The molecule has 2 fully saturated rings. The molecule has 1 amide bonds. The van der Waals surface area contributed by atoms with Crippen molar-refractivity contribution >= 4 is 6.09 Å². The van der Waals surface area contributed by atoms with Gasteiger partial charge in [0, 0.05) is 13.1 Å². The summed E-state index contributed by atoms with van der Waals surface area (Å²) in [5.41, 5.74) is 0. The Morgan fingerprint density at radius 1 is 1.14 bits per heavy atom. The summed E-state index contributed by atoms with van der Waals surface area (Å²) in [6.07, 6.45) is 7.30. The van der Waals surface area contributed by atoms with E-state index in [0.717, 1.165) is 25.9 Å². The van der Waals surface area contributed by atoms with Crippen molar-refractivity contribution in [3.05, 3.63) is 0 Å². The van der Waals surface area contributed by atoms with Gasteiger partial charge in [-0.25, -0.2) is 4.79 Å². The van der Waals surface area contributed by atoms with Crippen LogP contribution < -0.4 is 0 Å². The van der Waals surface area contributed by atoms with Crippen LogP contribution in [0, 0.1) is 5.92 Å². The zero-order valence-electron chi connectivity index (χ0n) is 8.71. The van der Waals surface area contributed by atoms with Crippen LogP contribution in [-0.2, 0) is 4.74 Å². The van der Waals surface area contributed by atoms with Gasteiger partial charge in [-0.15, -0.1) is 0 Å². The minimum atomic E-state index is -0.0885. The molecule has 0 unspecified atom stereocenters. The zero-order valence-corrected chi connectivity index (χ0v) is 8.71. The van der Waals surface area contributed by atoms with Gasteiger partial charge >= 0.3 is 6.09 Å². The highest BCUT2D eigenvalue weighted by atomic mass is 16.6. The third kappa shape index (κ3) is 2.40. The molecule has 3 heteroatoms. The van der Waals surface area contributed by atoms with Crippen LogP contribution >= 0.6 is 0 Å². The second-order valence-electron chi connectivity index (χ2n) is 4.42. The van der Waals surface area contributed by atoms with Gasteiger partial charge in [0.25, 0.3) is 0 Å². The Morgan fingerprint density at radius 2 is 1.79 bits per heavy atom. The smallest absolute Gasteiger partial charge is 0.409 e. The van der Waals surface area contributed by atoms with Crippen LogP contribution in [0.2, 0.25) is 0 Å². The zero-order chi connectivity index (χ0) is 9.80. The van der Waals surface area contributed by atoms with Crippen LogP contribution in [0.25, 0.3) is 0 Å². The van der Waals surface area contributed by atoms with E-state index in [1.54, 1.807) is 0 Å². The molecule has 0 bridgehead atoms. The van der Waals surface area contributed by atoms with Crippen molar-refractivity contribution in [3.8, 4) is 0 Å². The summed E-state index contributed by atoms with van der Waals surface area (Å²) < 4.78 is 5.30. The van der Waals surface area contributed by atoms with Crippen LogP contribution in [0.1, 0.15) is 38.5 Å². The fourth-order valence-corrected chi connectivity index (χ4v) is 2.36. The summed E-state index contributed by atoms with van der Waals surface area (Å²) in [6.45, 7) is 2.43. The fourth-order valence-electron chi connectivity index (χ4n) is 2.36. The lowest BCUT2D eigenvalue weighted by Gasteiger charge is -2.17. The Kier molecular flexibility index (Phi) is 3.27. The number of nitrogens with zero attached hydrogens (tertiary/aromatic N) is 1. The molecule has 0 spiro atoms. The molecule has 2 rings (SSSR count). The second kappa shape index (κ2) is 4.67. The molecule has 0 aromatic carbocycles. The van der Waals surface area contributed by atoms with Crippen LogP contribution in [0.15, 0.2) is 0 Å². The predicted molar refractivity (Wildman–Crippen MR) is 54.1 cm³/mol. The summed E-state index contributed by atoms with van der Waals surface area (Å²) in [6, 6.07) is 0. The molecule has 1 saturated carbocycles. The van der Waals surface area contributed by atoms with Crippen molar-refractivity contribution in [1.29, 1.82) is 0 Å². The van der Waals surface area contributed by atoms with E-state index in [9.17, 15) is 4.79 Å². The molecule has 1 aliphatic heterocycles. The maximum atomic E-state index is 11.5. The third-order valence-electron chi connectivity index (χ3n) is 3.28. The molecule has 0 N–H and O–H groups in total. The molecule has 1 heterocycles. The maximum absolute atomic E-state index is 11.5. The van der Waals surface area contributed by atoms with Crippen LogP contribution in [-0.4, -0.2) is 30.7 Å². The number of hydrogen-bond donors (Lipinski definition) is 0. The Bertz CT molecular complexity index is 193. The van der Waals surface area contributed by atoms with Crippen molar-refractivity contribution in [2.24, 2.45) is 5.92 Å².